The Morgan fingerprint density at radius 1 is 1.17 bits per heavy atom. The van der Waals surface area contributed by atoms with E-state index in [4.69, 9.17) is 9.52 Å². The van der Waals surface area contributed by atoms with Crippen molar-refractivity contribution in [2.24, 2.45) is 5.10 Å². The molecular weight excluding hydrogens is 298 g/mol. The van der Waals surface area contributed by atoms with Crippen molar-refractivity contribution in [3.63, 3.8) is 0 Å². The van der Waals surface area contributed by atoms with Gasteiger partial charge in [0.05, 0.1) is 12.0 Å². The average molecular weight is 325 g/mol. The highest BCUT2D eigenvalue weighted by molar-refractivity contribution is 5.89. The average Bonchev–Trinajstić information content (AvgIpc) is 3.26. The van der Waals surface area contributed by atoms with Gasteiger partial charge in [0.25, 0.3) is 0 Å². The first-order valence-electron chi connectivity index (χ1n) is 8.89. The molecule has 1 aliphatic rings. The molecule has 2 heterocycles. The van der Waals surface area contributed by atoms with Crippen molar-refractivity contribution in [1.82, 2.24) is 4.90 Å². The summed E-state index contributed by atoms with van der Waals surface area (Å²) in [4.78, 5) is 2.44. The lowest BCUT2D eigenvalue weighted by Crippen LogP contribution is -2.25. The zero-order valence-corrected chi connectivity index (χ0v) is 14.9. The minimum Gasteiger partial charge on any atom is -0.467 e. The molecule has 1 aromatic heterocycles. The van der Waals surface area contributed by atoms with Crippen LogP contribution in [0.4, 0.5) is 5.69 Å². The maximum Gasteiger partial charge on any atom is 0.128 e. The monoisotopic (exact) mass is 325 g/mol. The van der Waals surface area contributed by atoms with Gasteiger partial charge >= 0.3 is 0 Å². The second-order valence-corrected chi connectivity index (χ2v) is 6.36. The van der Waals surface area contributed by atoms with Crippen molar-refractivity contribution < 1.29 is 4.42 Å². The van der Waals surface area contributed by atoms with Gasteiger partial charge in [0.1, 0.15) is 11.8 Å². The van der Waals surface area contributed by atoms with Gasteiger partial charge in [-0.2, -0.15) is 5.10 Å². The van der Waals surface area contributed by atoms with E-state index in [1.54, 1.807) is 6.26 Å². The van der Waals surface area contributed by atoms with Crippen LogP contribution in [0.3, 0.4) is 0 Å². The fourth-order valence-corrected chi connectivity index (χ4v) is 3.19. The molecule has 0 amide bonds. The number of nitrogens with zero attached hydrogens (tertiary/aromatic N) is 3. The summed E-state index contributed by atoms with van der Waals surface area (Å²) in [5.41, 5.74) is 3.64. The van der Waals surface area contributed by atoms with E-state index in [9.17, 15) is 0 Å². The van der Waals surface area contributed by atoms with E-state index in [1.165, 1.54) is 11.3 Å². The van der Waals surface area contributed by atoms with Crippen LogP contribution in [-0.4, -0.2) is 30.2 Å². The Bertz CT molecular complexity index is 657. The van der Waals surface area contributed by atoms with Gasteiger partial charge in [0, 0.05) is 25.1 Å². The predicted molar refractivity (Wildman–Crippen MR) is 99.6 cm³/mol. The number of furan rings is 1. The van der Waals surface area contributed by atoms with Gasteiger partial charge in [-0.3, -0.25) is 5.01 Å². The van der Waals surface area contributed by atoms with Gasteiger partial charge in [-0.25, -0.2) is 0 Å². The van der Waals surface area contributed by atoms with E-state index in [0.29, 0.717) is 0 Å². The Morgan fingerprint density at radius 2 is 1.92 bits per heavy atom. The van der Waals surface area contributed by atoms with Gasteiger partial charge in [0.15, 0.2) is 0 Å². The minimum absolute atomic E-state index is 0.161. The van der Waals surface area contributed by atoms with Crippen molar-refractivity contribution in [1.29, 1.82) is 0 Å². The zero-order valence-electron chi connectivity index (χ0n) is 14.9. The second kappa shape index (κ2) is 7.67. The molecule has 0 bridgehead atoms. The number of anilines is 1. The third kappa shape index (κ3) is 3.70. The molecule has 0 spiro atoms. The number of aryl methyl sites for hydroxylation is 1. The Morgan fingerprint density at radius 3 is 2.54 bits per heavy atom. The van der Waals surface area contributed by atoms with Crippen molar-refractivity contribution in [3.8, 4) is 0 Å². The number of hydrazone groups is 1. The molecule has 0 fully saturated rings. The molecule has 1 aliphatic heterocycles. The van der Waals surface area contributed by atoms with Crippen LogP contribution in [0.2, 0.25) is 0 Å². The highest BCUT2D eigenvalue weighted by Gasteiger charge is 2.30. The number of hydrogen-bond donors (Lipinski definition) is 0. The first-order chi connectivity index (χ1) is 11.7. The largest absolute Gasteiger partial charge is 0.467 e. The van der Waals surface area contributed by atoms with Crippen LogP contribution in [0.5, 0.6) is 0 Å². The lowest BCUT2D eigenvalue weighted by Gasteiger charge is -2.22. The lowest BCUT2D eigenvalue weighted by atomic mass is 10.1. The fourth-order valence-electron chi connectivity index (χ4n) is 3.19. The predicted octanol–water partition coefficient (Wildman–Crippen LogP) is 4.63. The van der Waals surface area contributed by atoms with Crippen LogP contribution in [0.15, 0.2) is 52.2 Å². The van der Waals surface area contributed by atoms with Gasteiger partial charge in [-0.1, -0.05) is 31.5 Å². The van der Waals surface area contributed by atoms with E-state index in [-0.39, 0.29) is 6.04 Å². The molecule has 4 nitrogen and oxygen atoms in total. The molecule has 0 N–H and O–H groups in total. The summed E-state index contributed by atoms with van der Waals surface area (Å²) in [6, 6.07) is 12.7. The highest BCUT2D eigenvalue weighted by Crippen LogP contribution is 2.36. The Labute approximate surface area is 144 Å². The summed E-state index contributed by atoms with van der Waals surface area (Å²) in [6.45, 7) is 9.78. The number of rotatable bonds is 7. The third-order valence-electron chi connectivity index (χ3n) is 4.75. The summed E-state index contributed by atoms with van der Waals surface area (Å²) in [5.74, 6) is 0.983. The molecule has 2 aromatic rings. The van der Waals surface area contributed by atoms with Crippen molar-refractivity contribution >= 4 is 11.4 Å². The smallest absolute Gasteiger partial charge is 0.128 e. The van der Waals surface area contributed by atoms with E-state index in [1.807, 2.05) is 6.07 Å². The van der Waals surface area contributed by atoms with Gasteiger partial charge < -0.3 is 9.32 Å². The van der Waals surface area contributed by atoms with E-state index in [2.05, 4.69) is 61.0 Å². The molecule has 0 saturated carbocycles. The quantitative estimate of drug-likeness (QED) is 0.744. The lowest BCUT2D eigenvalue weighted by molar-refractivity contribution is 0.313. The minimum atomic E-state index is 0.161. The normalized spacial score (nSPS) is 17.6. The standard InChI is InChI=1S/C20H27N3O/c1-4-22(5-2)13-12-17-15-19(20-7-6-14-24-20)23(21-17)18-10-8-16(3)9-11-18/h6-11,14,19H,4-5,12-13,15H2,1-3H3. The van der Waals surface area contributed by atoms with Crippen molar-refractivity contribution in [2.45, 2.75) is 39.7 Å². The maximum atomic E-state index is 5.68. The molecule has 24 heavy (non-hydrogen) atoms. The topological polar surface area (TPSA) is 32.0 Å². The number of hydrogen-bond acceptors (Lipinski definition) is 4. The summed E-state index contributed by atoms with van der Waals surface area (Å²) in [7, 11) is 0. The van der Waals surface area contributed by atoms with E-state index in [0.717, 1.165) is 43.9 Å². The van der Waals surface area contributed by atoms with Crippen LogP contribution < -0.4 is 5.01 Å². The summed E-state index contributed by atoms with van der Waals surface area (Å²) in [6.07, 6.45) is 3.69. The van der Waals surface area contributed by atoms with Crippen LogP contribution in [0, 0.1) is 6.92 Å². The van der Waals surface area contributed by atoms with E-state index >= 15 is 0 Å². The van der Waals surface area contributed by atoms with Crippen molar-refractivity contribution in [2.75, 3.05) is 24.6 Å². The van der Waals surface area contributed by atoms with Gasteiger partial charge in [-0.05, 0) is 44.3 Å². The van der Waals surface area contributed by atoms with Gasteiger partial charge in [-0.15, -0.1) is 0 Å². The zero-order chi connectivity index (χ0) is 16.9. The Balaban J connectivity index is 1.79. The summed E-state index contributed by atoms with van der Waals surface area (Å²) in [5, 5.41) is 7.05. The molecule has 1 aromatic carbocycles. The van der Waals surface area contributed by atoms with Crippen LogP contribution in [0.1, 0.15) is 44.1 Å². The molecule has 0 radical (unpaired) electrons. The highest BCUT2D eigenvalue weighted by atomic mass is 16.3. The maximum absolute atomic E-state index is 5.68. The molecule has 0 aliphatic carbocycles. The fraction of sp³-hybridized carbons (Fsp3) is 0.450. The molecule has 1 unspecified atom stereocenters. The summed E-state index contributed by atoms with van der Waals surface area (Å²) >= 11 is 0. The van der Waals surface area contributed by atoms with Gasteiger partial charge in [0.2, 0.25) is 0 Å². The van der Waals surface area contributed by atoms with Crippen LogP contribution >= 0.6 is 0 Å². The van der Waals surface area contributed by atoms with E-state index < -0.39 is 0 Å². The molecule has 1 atom stereocenters. The number of benzene rings is 1. The molecule has 3 rings (SSSR count). The van der Waals surface area contributed by atoms with Crippen LogP contribution in [-0.2, 0) is 0 Å². The Hall–Kier alpha value is -2.07. The SMILES string of the molecule is CCN(CC)CCC1=NN(c2ccc(C)cc2)C(c2ccco2)C1. The van der Waals surface area contributed by atoms with Crippen molar-refractivity contribution in [3.05, 3.63) is 54.0 Å². The molecule has 4 heteroatoms. The third-order valence-corrected chi connectivity index (χ3v) is 4.75. The second-order valence-electron chi connectivity index (χ2n) is 6.36. The first kappa shape index (κ1) is 16.8. The molecule has 128 valence electrons. The van der Waals surface area contributed by atoms with Crippen LogP contribution in [0.25, 0.3) is 0 Å². The summed E-state index contributed by atoms with van der Waals surface area (Å²) < 4.78 is 5.68. The Kier molecular flexibility index (Phi) is 5.36. The first-order valence-corrected chi connectivity index (χ1v) is 8.89. The molecule has 0 saturated heterocycles. The molecular formula is C20H27N3O.